The average Bonchev–Trinajstić information content (AvgIpc) is 1.86. The highest BCUT2D eigenvalue weighted by molar-refractivity contribution is 5.85. The summed E-state index contributed by atoms with van der Waals surface area (Å²) < 4.78 is 0. The molecule has 1 heterocycles. The van der Waals surface area contributed by atoms with Crippen molar-refractivity contribution in [3.63, 3.8) is 0 Å². The molecule has 3 heteroatoms. The maximum absolute atomic E-state index is 11.4. The van der Waals surface area contributed by atoms with Gasteiger partial charge in [0.05, 0.1) is 0 Å². The van der Waals surface area contributed by atoms with E-state index in [1.165, 1.54) is 6.42 Å². The molecule has 1 aliphatic heterocycles. The Morgan fingerprint density at radius 3 is 2.18 bits per heavy atom. The lowest BCUT2D eigenvalue weighted by Gasteiger charge is -2.33. The molecule has 1 saturated heterocycles. The summed E-state index contributed by atoms with van der Waals surface area (Å²) >= 11 is 0. The van der Waals surface area contributed by atoms with Gasteiger partial charge in [-0.15, -0.1) is 12.4 Å². The van der Waals surface area contributed by atoms with E-state index in [0.717, 1.165) is 25.9 Å². The molecule has 2 nitrogen and oxygen atoms in total. The van der Waals surface area contributed by atoms with Gasteiger partial charge in [0, 0.05) is 24.9 Å². The number of rotatable bonds is 0. The summed E-state index contributed by atoms with van der Waals surface area (Å²) in [7, 11) is 0. The number of carbonyl (C=O) groups is 1. The molecule has 0 aromatic heterocycles. The van der Waals surface area contributed by atoms with Crippen molar-refractivity contribution in [2.24, 2.45) is 11.8 Å². The van der Waals surface area contributed by atoms with Crippen LogP contribution < -0.4 is 5.32 Å². The Kier molecular flexibility index (Phi) is 2.90. The zero-order valence-electron chi connectivity index (χ0n) is 6.51. The fourth-order valence-electron chi connectivity index (χ4n) is 2.07. The van der Waals surface area contributed by atoms with Crippen LogP contribution in [-0.4, -0.2) is 18.9 Å². The predicted molar refractivity (Wildman–Crippen MR) is 46.0 cm³/mol. The van der Waals surface area contributed by atoms with Crippen LogP contribution in [0.3, 0.4) is 0 Å². The second kappa shape index (κ2) is 3.55. The molecule has 11 heavy (non-hydrogen) atoms. The van der Waals surface area contributed by atoms with Crippen LogP contribution in [0.4, 0.5) is 0 Å². The number of hydrogen-bond acceptors (Lipinski definition) is 2. The molecule has 0 aromatic rings. The number of nitrogens with one attached hydrogen (secondary N) is 1. The predicted octanol–water partition coefficient (Wildman–Crippen LogP) is 0.997. The third kappa shape index (κ3) is 1.57. The Morgan fingerprint density at radius 2 is 1.73 bits per heavy atom. The van der Waals surface area contributed by atoms with Crippen molar-refractivity contribution >= 4 is 18.2 Å². The molecular weight excluding hydrogens is 162 g/mol. The van der Waals surface area contributed by atoms with Gasteiger partial charge in [0.15, 0.2) is 0 Å². The summed E-state index contributed by atoms with van der Waals surface area (Å²) in [5, 5.41) is 3.30. The van der Waals surface area contributed by atoms with Gasteiger partial charge in [0.1, 0.15) is 5.78 Å². The van der Waals surface area contributed by atoms with Gasteiger partial charge in [-0.25, -0.2) is 0 Å². The Labute approximate surface area is 73.1 Å². The minimum absolute atomic E-state index is 0. The van der Waals surface area contributed by atoms with Crippen LogP contribution in [0.2, 0.25) is 0 Å². The number of carbonyl (C=O) groups excluding carboxylic acids is 1. The Morgan fingerprint density at radius 1 is 1.18 bits per heavy atom. The van der Waals surface area contributed by atoms with Gasteiger partial charge >= 0.3 is 0 Å². The molecule has 64 valence electrons. The van der Waals surface area contributed by atoms with Crippen molar-refractivity contribution in [1.29, 1.82) is 0 Å². The standard InChI is InChI=1S/C8H13NO.ClH/c10-8-6-2-1-3-7(8)5-9-4-6;/h6-7,9H,1-5H2;1H. The van der Waals surface area contributed by atoms with Crippen molar-refractivity contribution in [2.75, 3.05) is 13.1 Å². The monoisotopic (exact) mass is 175 g/mol. The Balaban J connectivity index is 0.000000605. The molecule has 1 aliphatic carbocycles. The van der Waals surface area contributed by atoms with E-state index in [1.807, 2.05) is 0 Å². The van der Waals surface area contributed by atoms with Crippen LogP contribution >= 0.6 is 12.4 Å². The van der Waals surface area contributed by atoms with Gasteiger partial charge in [-0.1, -0.05) is 6.42 Å². The lowest BCUT2D eigenvalue weighted by Crippen LogP contribution is -2.46. The van der Waals surface area contributed by atoms with E-state index in [0.29, 0.717) is 17.6 Å². The van der Waals surface area contributed by atoms with Gasteiger partial charge in [-0.3, -0.25) is 4.79 Å². The largest absolute Gasteiger partial charge is 0.315 e. The summed E-state index contributed by atoms with van der Waals surface area (Å²) in [6, 6.07) is 0. The molecule has 0 spiro atoms. The fourth-order valence-corrected chi connectivity index (χ4v) is 2.07. The van der Waals surface area contributed by atoms with Crippen LogP contribution in [0.25, 0.3) is 0 Å². The summed E-state index contributed by atoms with van der Waals surface area (Å²) in [4.78, 5) is 11.4. The van der Waals surface area contributed by atoms with E-state index in [9.17, 15) is 4.79 Å². The van der Waals surface area contributed by atoms with Gasteiger partial charge in [-0.05, 0) is 12.8 Å². The first-order valence-electron chi connectivity index (χ1n) is 4.12. The highest BCUT2D eigenvalue weighted by Gasteiger charge is 2.33. The van der Waals surface area contributed by atoms with Crippen LogP contribution in [-0.2, 0) is 4.79 Å². The first-order valence-corrected chi connectivity index (χ1v) is 4.12. The highest BCUT2D eigenvalue weighted by atomic mass is 35.5. The molecule has 2 rings (SSSR count). The van der Waals surface area contributed by atoms with Crippen molar-refractivity contribution in [2.45, 2.75) is 19.3 Å². The van der Waals surface area contributed by atoms with E-state index in [1.54, 1.807) is 0 Å². The number of piperidine rings is 1. The number of halogens is 1. The van der Waals surface area contributed by atoms with Crippen LogP contribution in [0.15, 0.2) is 0 Å². The van der Waals surface area contributed by atoms with Crippen molar-refractivity contribution < 1.29 is 4.79 Å². The maximum atomic E-state index is 11.4. The third-order valence-electron chi connectivity index (χ3n) is 2.69. The average molecular weight is 176 g/mol. The molecule has 1 N–H and O–H groups in total. The molecule has 2 bridgehead atoms. The first-order chi connectivity index (χ1) is 4.88. The third-order valence-corrected chi connectivity index (χ3v) is 2.69. The lowest BCUT2D eigenvalue weighted by atomic mass is 9.77. The van der Waals surface area contributed by atoms with Crippen molar-refractivity contribution in [3.05, 3.63) is 0 Å². The molecule has 0 aromatic carbocycles. The molecule has 2 unspecified atom stereocenters. The number of hydrogen-bond donors (Lipinski definition) is 1. The first kappa shape index (κ1) is 9.01. The molecule has 0 radical (unpaired) electrons. The van der Waals surface area contributed by atoms with Gasteiger partial charge in [0.25, 0.3) is 0 Å². The second-order valence-electron chi connectivity index (χ2n) is 3.39. The van der Waals surface area contributed by atoms with E-state index >= 15 is 0 Å². The topological polar surface area (TPSA) is 29.1 Å². The Bertz CT molecular complexity index is 136. The minimum Gasteiger partial charge on any atom is -0.315 e. The molecular formula is C8H14ClNO. The molecule has 2 atom stereocenters. The van der Waals surface area contributed by atoms with E-state index in [-0.39, 0.29) is 12.4 Å². The molecule has 0 amide bonds. The second-order valence-corrected chi connectivity index (χ2v) is 3.39. The highest BCUT2D eigenvalue weighted by Crippen LogP contribution is 2.27. The SMILES string of the molecule is Cl.O=C1C2CCCC1CNC2. The lowest BCUT2D eigenvalue weighted by molar-refractivity contribution is -0.130. The van der Waals surface area contributed by atoms with Crippen LogP contribution in [0.1, 0.15) is 19.3 Å². The van der Waals surface area contributed by atoms with Gasteiger partial charge in [0.2, 0.25) is 0 Å². The van der Waals surface area contributed by atoms with Crippen molar-refractivity contribution in [3.8, 4) is 0 Å². The molecule has 1 saturated carbocycles. The van der Waals surface area contributed by atoms with Crippen LogP contribution in [0, 0.1) is 11.8 Å². The summed E-state index contributed by atoms with van der Waals surface area (Å²) in [6.07, 6.45) is 3.52. The minimum atomic E-state index is 0. The van der Waals surface area contributed by atoms with E-state index < -0.39 is 0 Å². The number of Topliss-reactive ketones (excluding diaryl/α,β-unsaturated/α-hetero) is 1. The molecule has 2 aliphatic rings. The normalized spacial score (nSPS) is 36.2. The smallest absolute Gasteiger partial charge is 0.141 e. The van der Waals surface area contributed by atoms with Crippen molar-refractivity contribution in [1.82, 2.24) is 5.32 Å². The zero-order chi connectivity index (χ0) is 6.97. The summed E-state index contributed by atoms with van der Waals surface area (Å²) in [6.45, 7) is 1.88. The maximum Gasteiger partial charge on any atom is 0.141 e. The van der Waals surface area contributed by atoms with E-state index in [4.69, 9.17) is 0 Å². The fraction of sp³-hybridized carbons (Fsp3) is 0.875. The number of ketones is 1. The number of fused-ring (bicyclic) bond motifs is 2. The van der Waals surface area contributed by atoms with Gasteiger partial charge < -0.3 is 5.32 Å². The van der Waals surface area contributed by atoms with Crippen LogP contribution in [0.5, 0.6) is 0 Å². The van der Waals surface area contributed by atoms with E-state index in [2.05, 4.69) is 5.32 Å². The quantitative estimate of drug-likeness (QED) is 0.595. The summed E-state index contributed by atoms with van der Waals surface area (Å²) in [5.74, 6) is 1.27. The zero-order valence-corrected chi connectivity index (χ0v) is 7.32. The Hall–Kier alpha value is -0.0800. The molecule has 2 fully saturated rings. The van der Waals surface area contributed by atoms with Gasteiger partial charge in [-0.2, -0.15) is 0 Å². The summed E-state index contributed by atoms with van der Waals surface area (Å²) in [5.41, 5.74) is 0.